The summed E-state index contributed by atoms with van der Waals surface area (Å²) in [5.74, 6) is -2.17. The normalized spacial score (nSPS) is 52.0. The number of fused-ring (bicyclic) bond motifs is 3. The second-order valence-electron chi connectivity index (χ2n) is 10.4. The first kappa shape index (κ1) is 20.0. The molecule has 28 heavy (non-hydrogen) atoms. The molecule has 0 aromatic heterocycles. The van der Waals surface area contributed by atoms with Crippen molar-refractivity contribution in [3.05, 3.63) is 12.2 Å². The van der Waals surface area contributed by atoms with Crippen LogP contribution in [0.4, 0.5) is 0 Å². The van der Waals surface area contributed by atoms with Crippen LogP contribution in [0.5, 0.6) is 0 Å². The summed E-state index contributed by atoms with van der Waals surface area (Å²) in [4.78, 5) is 25.6. The number of aliphatic hydroxyl groups is 3. The SMILES string of the molecule is C=C1[C@@H](OC(C)=O)[C@@]23C(=O)[C@@H](O)[C@@H]4C(C)(C)CC[C@H](O)[C@@]4(C)[C@@H]2CC[C@@H]1[C@H]3O. The molecule has 4 rings (SSSR count). The summed E-state index contributed by atoms with van der Waals surface area (Å²) in [6.45, 7) is 11.4. The summed E-state index contributed by atoms with van der Waals surface area (Å²) in [5, 5.41) is 33.7. The maximum Gasteiger partial charge on any atom is 0.303 e. The van der Waals surface area contributed by atoms with E-state index in [1.807, 2.05) is 20.8 Å². The van der Waals surface area contributed by atoms with Crippen LogP contribution in [0.15, 0.2) is 12.2 Å². The van der Waals surface area contributed by atoms with Gasteiger partial charge in [-0.3, -0.25) is 9.59 Å². The number of esters is 1. The first-order valence-electron chi connectivity index (χ1n) is 10.4. The molecular weight excluding hydrogens is 360 g/mol. The Morgan fingerprint density at radius 3 is 2.39 bits per heavy atom. The Bertz CT molecular complexity index is 743. The number of carbonyl (C=O) groups excluding carboxylic acids is 2. The highest BCUT2D eigenvalue weighted by molar-refractivity contribution is 5.94. The average molecular weight is 392 g/mol. The number of hydrogen-bond donors (Lipinski definition) is 3. The second kappa shape index (κ2) is 5.89. The van der Waals surface area contributed by atoms with Gasteiger partial charge in [0.05, 0.1) is 12.2 Å². The van der Waals surface area contributed by atoms with Crippen molar-refractivity contribution in [1.29, 1.82) is 0 Å². The quantitative estimate of drug-likeness (QED) is 0.463. The van der Waals surface area contributed by atoms with Crippen LogP contribution in [-0.4, -0.2) is 51.5 Å². The lowest BCUT2D eigenvalue weighted by Crippen LogP contribution is -2.74. The van der Waals surface area contributed by atoms with Crippen LogP contribution in [0.25, 0.3) is 0 Å². The van der Waals surface area contributed by atoms with Crippen LogP contribution < -0.4 is 0 Å². The highest BCUT2D eigenvalue weighted by Gasteiger charge is 2.78. The van der Waals surface area contributed by atoms with Gasteiger partial charge in [0.25, 0.3) is 0 Å². The van der Waals surface area contributed by atoms with Crippen molar-refractivity contribution in [3.63, 3.8) is 0 Å². The lowest BCUT2D eigenvalue weighted by Gasteiger charge is -2.66. The van der Waals surface area contributed by atoms with E-state index in [0.717, 1.165) is 0 Å². The molecule has 0 radical (unpaired) electrons. The predicted octanol–water partition coefficient (Wildman–Crippen LogP) is 1.61. The molecule has 4 aliphatic rings. The molecule has 0 aromatic carbocycles. The molecule has 0 aromatic rings. The molecule has 1 spiro atoms. The summed E-state index contributed by atoms with van der Waals surface area (Å²) in [6, 6.07) is 0. The number of ether oxygens (including phenoxy) is 1. The fourth-order valence-corrected chi connectivity index (χ4v) is 7.77. The molecule has 0 saturated heterocycles. The third-order valence-electron chi connectivity index (χ3n) is 8.80. The van der Waals surface area contributed by atoms with Gasteiger partial charge in [-0.05, 0) is 42.6 Å². The Hall–Kier alpha value is -1.24. The van der Waals surface area contributed by atoms with Crippen LogP contribution in [0, 0.1) is 34.0 Å². The summed E-state index contributed by atoms with van der Waals surface area (Å²) >= 11 is 0. The Morgan fingerprint density at radius 1 is 1.14 bits per heavy atom. The number of hydrogen-bond acceptors (Lipinski definition) is 6. The van der Waals surface area contributed by atoms with Crippen LogP contribution in [0.1, 0.15) is 53.4 Å². The van der Waals surface area contributed by atoms with E-state index in [9.17, 15) is 24.9 Å². The van der Waals surface area contributed by atoms with Gasteiger partial charge in [-0.1, -0.05) is 27.4 Å². The standard InChI is InChI=1S/C22H32O6/c1-10-12-6-7-13-21(5)14(24)8-9-20(3,4)16(21)15(25)18(27)22(13,17(12)26)19(10)28-11(2)23/h12-17,19,24-26H,1,6-9H2,2-5H3/t12-,13-,14-,15-,16+,17+,19+,21+,22-/m0/s1. The van der Waals surface area contributed by atoms with Gasteiger partial charge in [-0.25, -0.2) is 0 Å². The third kappa shape index (κ3) is 2.09. The minimum absolute atomic E-state index is 0.334. The van der Waals surface area contributed by atoms with Crippen molar-refractivity contribution < 1.29 is 29.6 Å². The van der Waals surface area contributed by atoms with Gasteiger partial charge >= 0.3 is 5.97 Å². The van der Waals surface area contributed by atoms with Crippen LogP contribution in [0.3, 0.4) is 0 Å². The molecule has 4 fully saturated rings. The van der Waals surface area contributed by atoms with Gasteiger partial charge in [0, 0.05) is 24.2 Å². The summed E-state index contributed by atoms with van der Waals surface area (Å²) < 4.78 is 5.59. The minimum Gasteiger partial charge on any atom is -0.457 e. The van der Waals surface area contributed by atoms with Gasteiger partial charge in [0.15, 0.2) is 5.78 Å². The topological polar surface area (TPSA) is 104 Å². The Labute approximate surface area is 166 Å². The molecule has 0 heterocycles. The number of ketones is 1. The fourth-order valence-electron chi connectivity index (χ4n) is 7.77. The van der Waals surface area contributed by atoms with Crippen molar-refractivity contribution >= 4 is 11.8 Å². The van der Waals surface area contributed by atoms with Gasteiger partial charge in [-0.2, -0.15) is 0 Å². The maximum absolute atomic E-state index is 13.8. The zero-order valence-corrected chi connectivity index (χ0v) is 17.1. The van der Waals surface area contributed by atoms with Crippen molar-refractivity contribution in [2.75, 3.05) is 0 Å². The maximum atomic E-state index is 13.8. The second-order valence-corrected chi connectivity index (χ2v) is 10.4. The lowest BCUT2D eigenvalue weighted by atomic mass is 9.38. The molecule has 9 atom stereocenters. The molecule has 2 bridgehead atoms. The molecular formula is C22H32O6. The molecule has 6 heteroatoms. The minimum atomic E-state index is -1.44. The van der Waals surface area contributed by atoms with E-state index in [-0.39, 0.29) is 11.3 Å². The van der Waals surface area contributed by atoms with E-state index in [1.165, 1.54) is 6.92 Å². The fraction of sp³-hybridized carbons (Fsp3) is 0.818. The van der Waals surface area contributed by atoms with Gasteiger partial charge < -0.3 is 20.1 Å². The van der Waals surface area contributed by atoms with Crippen molar-refractivity contribution in [3.8, 4) is 0 Å². The number of Topliss-reactive ketones (excluding diaryl/α,β-unsaturated/α-hetero) is 1. The predicted molar refractivity (Wildman–Crippen MR) is 101 cm³/mol. The third-order valence-corrected chi connectivity index (χ3v) is 8.80. The van der Waals surface area contributed by atoms with Crippen LogP contribution in [-0.2, 0) is 14.3 Å². The Morgan fingerprint density at radius 2 is 1.79 bits per heavy atom. The lowest BCUT2D eigenvalue weighted by molar-refractivity contribution is -0.252. The van der Waals surface area contributed by atoms with E-state index in [2.05, 4.69) is 6.58 Å². The first-order valence-corrected chi connectivity index (χ1v) is 10.4. The zero-order chi connectivity index (χ0) is 20.8. The molecule has 0 amide bonds. The van der Waals surface area contributed by atoms with E-state index in [1.54, 1.807) is 0 Å². The van der Waals surface area contributed by atoms with E-state index in [4.69, 9.17) is 4.74 Å². The average Bonchev–Trinajstić information content (AvgIpc) is 2.72. The molecule has 4 saturated carbocycles. The van der Waals surface area contributed by atoms with E-state index in [0.29, 0.717) is 31.3 Å². The van der Waals surface area contributed by atoms with Gasteiger partial charge in [0.2, 0.25) is 0 Å². The van der Waals surface area contributed by atoms with Crippen molar-refractivity contribution in [1.82, 2.24) is 0 Å². The number of rotatable bonds is 1. The highest BCUT2D eigenvalue weighted by Crippen LogP contribution is 2.71. The summed E-state index contributed by atoms with van der Waals surface area (Å²) in [5.41, 5.74) is -1.99. The molecule has 3 N–H and O–H groups in total. The van der Waals surface area contributed by atoms with E-state index >= 15 is 0 Å². The highest BCUT2D eigenvalue weighted by atomic mass is 16.5. The molecule has 4 aliphatic carbocycles. The summed E-state index contributed by atoms with van der Waals surface area (Å²) in [6.07, 6.45) is -1.53. The Balaban J connectivity index is 1.95. The monoisotopic (exact) mass is 392 g/mol. The Kier molecular flexibility index (Phi) is 4.22. The number of aliphatic hydroxyl groups excluding tert-OH is 3. The van der Waals surface area contributed by atoms with E-state index < -0.39 is 58.8 Å². The summed E-state index contributed by atoms with van der Waals surface area (Å²) in [7, 11) is 0. The van der Waals surface area contributed by atoms with Crippen LogP contribution >= 0.6 is 0 Å². The number of carbonyl (C=O) groups is 2. The van der Waals surface area contributed by atoms with Crippen molar-refractivity contribution in [2.24, 2.45) is 34.0 Å². The first-order chi connectivity index (χ1) is 12.9. The smallest absolute Gasteiger partial charge is 0.303 e. The molecule has 6 nitrogen and oxygen atoms in total. The zero-order valence-electron chi connectivity index (χ0n) is 17.1. The molecule has 156 valence electrons. The van der Waals surface area contributed by atoms with Gasteiger partial charge in [-0.15, -0.1) is 0 Å². The molecule has 0 unspecified atom stereocenters. The molecule has 0 aliphatic heterocycles. The van der Waals surface area contributed by atoms with Crippen molar-refractivity contribution in [2.45, 2.75) is 77.8 Å². The van der Waals surface area contributed by atoms with Crippen LogP contribution in [0.2, 0.25) is 0 Å². The van der Waals surface area contributed by atoms with Gasteiger partial charge in [0.1, 0.15) is 17.6 Å². The largest absolute Gasteiger partial charge is 0.457 e.